The number of anilines is 3. The van der Waals surface area contributed by atoms with Gasteiger partial charge < -0.3 is 9.80 Å². The highest BCUT2D eigenvalue weighted by Crippen LogP contribution is 2.39. The summed E-state index contributed by atoms with van der Waals surface area (Å²) in [6.07, 6.45) is 3.30. The smallest absolute Gasteiger partial charge is 0.314 e. The number of rotatable bonds is 6. The second kappa shape index (κ2) is 9.21. The number of alkyl halides is 3. The molecule has 3 heterocycles. The van der Waals surface area contributed by atoms with Gasteiger partial charge in [-0.2, -0.15) is 13.2 Å². The first-order chi connectivity index (χ1) is 16.5. The number of aromatic nitrogens is 2. The van der Waals surface area contributed by atoms with Gasteiger partial charge in [-0.15, -0.1) is 0 Å². The number of hydrogen-bond donors (Lipinski definition) is 0. The Bertz CT molecular complexity index is 1240. The number of benzene rings is 1. The highest BCUT2D eigenvalue weighted by Gasteiger charge is 2.51. The fourth-order valence-corrected chi connectivity index (χ4v) is 4.26. The van der Waals surface area contributed by atoms with Crippen molar-refractivity contribution < 1.29 is 22.8 Å². The predicted octanol–water partition coefficient (Wildman–Crippen LogP) is 5.60. The van der Waals surface area contributed by atoms with Crippen molar-refractivity contribution in [2.45, 2.75) is 36.3 Å². The van der Waals surface area contributed by atoms with Gasteiger partial charge in [-0.3, -0.25) is 4.79 Å². The average molecular weight is 502 g/mol. The minimum absolute atomic E-state index is 0.0298. The summed E-state index contributed by atoms with van der Waals surface area (Å²) in [6.45, 7) is 3.42. The second-order valence-corrected chi connectivity index (χ2v) is 9.52. The number of thioether (sulfide) groups is 1. The molecule has 0 atom stereocenters. The first-order valence-corrected chi connectivity index (χ1v) is 11.4. The topological polar surface area (TPSA) is 69.6 Å². The van der Waals surface area contributed by atoms with E-state index in [9.17, 15) is 22.8 Å². The van der Waals surface area contributed by atoms with Gasteiger partial charge in [0.25, 0.3) is 5.91 Å². The van der Waals surface area contributed by atoms with Crippen molar-refractivity contribution in [2.24, 2.45) is 0 Å². The predicted molar refractivity (Wildman–Crippen MR) is 127 cm³/mol. The normalized spacial score (nSPS) is 15.6. The third-order valence-electron chi connectivity index (χ3n) is 5.64. The van der Waals surface area contributed by atoms with Gasteiger partial charge in [-0.05, 0) is 79.7 Å². The van der Waals surface area contributed by atoms with Crippen molar-refractivity contribution in [1.29, 1.82) is 0 Å². The number of urea groups is 1. The minimum atomic E-state index is -4.42. The third-order valence-corrected chi connectivity index (χ3v) is 6.38. The Morgan fingerprint density at radius 1 is 0.971 bits per heavy atom. The van der Waals surface area contributed by atoms with Gasteiger partial charge in [0.15, 0.2) is 0 Å². The van der Waals surface area contributed by atoms with Crippen LogP contribution in [0.1, 0.15) is 19.4 Å². The zero-order valence-electron chi connectivity index (χ0n) is 19.2. The molecular formula is C24H22F3N5O2S. The number of pyridine rings is 2. The molecule has 0 N–H and O–H groups in total. The Labute approximate surface area is 204 Å². The fraction of sp³-hybridized carbons (Fsp3) is 0.250. The average Bonchev–Trinajstić information content (AvgIpc) is 2.98. The highest BCUT2D eigenvalue weighted by molar-refractivity contribution is 8.00. The molecule has 0 radical (unpaired) electrons. The van der Waals surface area contributed by atoms with Crippen LogP contribution < -0.4 is 9.80 Å². The number of amides is 3. The molecule has 2 aromatic heterocycles. The molecule has 4 rings (SSSR count). The molecule has 35 heavy (non-hydrogen) atoms. The van der Waals surface area contributed by atoms with Crippen LogP contribution in [-0.2, 0) is 11.3 Å². The second-order valence-electron chi connectivity index (χ2n) is 8.38. The van der Waals surface area contributed by atoms with Gasteiger partial charge >= 0.3 is 11.5 Å². The van der Waals surface area contributed by atoms with E-state index in [2.05, 4.69) is 9.97 Å². The van der Waals surface area contributed by atoms with Gasteiger partial charge in [-0.25, -0.2) is 19.7 Å². The van der Waals surface area contributed by atoms with E-state index in [1.165, 1.54) is 29.2 Å². The molecule has 0 bridgehead atoms. The van der Waals surface area contributed by atoms with E-state index < -0.39 is 23.0 Å². The Kier molecular flexibility index (Phi) is 6.46. The van der Waals surface area contributed by atoms with Gasteiger partial charge in [0, 0.05) is 30.9 Å². The van der Waals surface area contributed by atoms with E-state index in [1.807, 2.05) is 31.3 Å². The number of nitrogens with zero attached hydrogens (tertiary/aromatic N) is 5. The van der Waals surface area contributed by atoms with Gasteiger partial charge in [-0.1, -0.05) is 6.07 Å². The van der Waals surface area contributed by atoms with Crippen molar-refractivity contribution in [3.05, 3.63) is 72.6 Å². The minimum Gasteiger partial charge on any atom is -0.314 e. The molecule has 1 fully saturated rings. The molecule has 0 spiro atoms. The van der Waals surface area contributed by atoms with Crippen LogP contribution in [0, 0.1) is 0 Å². The quantitative estimate of drug-likeness (QED) is 0.323. The number of hydrogen-bond acceptors (Lipinski definition) is 6. The summed E-state index contributed by atoms with van der Waals surface area (Å²) in [5, 5.41) is 0. The van der Waals surface area contributed by atoms with Crippen LogP contribution >= 0.6 is 11.8 Å². The van der Waals surface area contributed by atoms with E-state index in [0.717, 1.165) is 10.5 Å². The summed E-state index contributed by atoms with van der Waals surface area (Å²) in [6, 6.07) is 13.7. The maximum atomic E-state index is 13.3. The Hall–Kier alpha value is -3.60. The Morgan fingerprint density at radius 2 is 1.66 bits per heavy atom. The number of carbonyl (C=O) groups is 2. The lowest BCUT2D eigenvalue weighted by molar-refractivity contribution is -0.123. The largest absolute Gasteiger partial charge is 0.446 e. The van der Waals surface area contributed by atoms with Crippen molar-refractivity contribution >= 4 is 41.0 Å². The molecule has 3 aromatic rings. The summed E-state index contributed by atoms with van der Waals surface area (Å²) in [5.74, 6) is 0.855. The zero-order valence-corrected chi connectivity index (χ0v) is 20.0. The van der Waals surface area contributed by atoms with Gasteiger partial charge in [0.05, 0.1) is 5.69 Å². The summed E-state index contributed by atoms with van der Waals surface area (Å²) >= 11 is -0.255. The molecule has 1 saturated heterocycles. The highest BCUT2D eigenvalue weighted by atomic mass is 32.2. The van der Waals surface area contributed by atoms with Crippen LogP contribution in [0.5, 0.6) is 0 Å². The van der Waals surface area contributed by atoms with Crippen LogP contribution in [-0.4, -0.2) is 44.9 Å². The number of carbonyl (C=O) groups excluding carboxylic acids is 2. The van der Waals surface area contributed by atoms with Crippen molar-refractivity contribution in [3.63, 3.8) is 0 Å². The molecule has 11 heteroatoms. The third kappa shape index (κ3) is 5.09. The molecular weight excluding hydrogens is 479 g/mol. The Morgan fingerprint density at radius 3 is 2.29 bits per heavy atom. The lowest BCUT2D eigenvalue weighted by Gasteiger charge is -2.28. The standard InChI is InChI=1S/C24H22F3N5O2S/c1-23(2)21(33)32(17-7-9-18(10-8-17)35-24(25,26)27)22(34)31(23)15-16-11-13-29-20(14-16)30(3)19-6-4-5-12-28-19/h4-14H,15H2,1-3H3. The summed E-state index contributed by atoms with van der Waals surface area (Å²) in [7, 11) is 1.82. The van der Waals surface area contributed by atoms with Crippen LogP contribution in [0.4, 0.5) is 35.3 Å². The summed E-state index contributed by atoms with van der Waals surface area (Å²) in [5.41, 5.74) is -4.61. The maximum Gasteiger partial charge on any atom is 0.446 e. The monoisotopic (exact) mass is 501 g/mol. The van der Waals surface area contributed by atoms with E-state index in [0.29, 0.717) is 11.6 Å². The van der Waals surface area contributed by atoms with Crippen molar-refractivity contribution in [1.82, 2.24) is 14.9 Å². The zero-order chi connectivity index (χ0) is 25.4. The summed E-state index contributed by atoms with van der Waals surface area (Å²) in [4.78, 5) is 39.4. The first-order valence-electron chi connectivity index (χ1n) is 10.6. The van der Waals surface area contributed by atoms with Crippen LogP contribution in [0.2, 0.25) is 0 Å². The van der Waals surface area contributed by atoms with E-state index in [4.69, 9.17) is 0 Å². The Balaban J connectivity index is 1.56. The molecule has 1 aliphatic heterocycles. The molecule has 3 amide bonds. The lowest BCUT2D eigenvalue weighted by Crippen LogP contribution is -2.43. The summed E-state index contributed by atoms with van der Waals surface area (Å²) < 4.78 is 37.9. The molecule has 182 valence electrons. The lowest BCUT2D eigenvalue weighted by atomic mass is 10.0. The first kappa shape index (κ1) is 24.5. The molecule has 7 nitrogen and oxygen atoms in total. The van der Waals surface area contributed by atoms with Crippen molar-refractivity contribution in [3.8, 4) is 0 Å². The maximum absolute atomic E-state index is 13.3. The van der Waals surface area contributed by atoms with Crippen LogP contribution in [0.15, 0.2) is 71.9 Å². The van der Waals surface area contributed by atoms with E-state index in [-0.39, 0.29) is 28.9 Å². The molecule has 0 unspecified atom stereocenters. The number of halogens is 3. The molecule has 1 aromatic carbocycles. The molecule has 0 aliphatic carbocycles. The number of imide groups is 1. The molecule has 0 saturated carbocycles. The van der Waals surface area contributed by atoms with Crippen molar-refractivity contribution in [2.75, 3.05) is 16.8 Å². The molecule has 1 aliphatic rings. The van der Waals surface area contributed by atoms with E-state index in [1.54, 1.807) is 37.2 Å². The fourth-order valence-electron chi connectivity index (χ4n) is 3.72. The SMILES string of the molecule is CN(c1ccccn1)c1cc(CN2C(=O)N(c3ccc(SC(F)(F)F)cc3)C(=O)C2(C)C)ccn1. The van der Waals surface area contributed by atoms with Gasteiger partial charge in [0.1, 0.15) is 17.2 Å². The van der Waals surface area contributed by atoms with Crippen LogP contribution in [0.3, 0.4) is 0 Å². The van der Waals surface area contributed by atoms with E-state index >= 15 is 0 Å². The van der Waals surface area contributed by atoms with Crippen LogP contribution in [0.25, 0.3) is 0 Å². The van der Waals surface area contributed by atoms with Gasteiger partial charge in [0.2, 0.25) is 0 Å².